The Morgan fingerprint density at radius 3 is 1.39 bits per heavy atom. The normalized spacial score (nSPS) is 14.4. The van der Waals surface area contributed by atoms with Gasteiger partial charge in [-0.25, -0.2) is 0 Å². The summed E-state index contributed by atoms with van der Waals surface area (Å²) in [6.45, 7) is 6.67. The molecule has 0 saturated carbocycles. The van der Waals surface area contributed by atoms with Crippen molar-refractivity contribution in [2.24, 2.45) is 0 Å². The third-order valence-electron chi connectivity index (χ3n) is 13.0. The number of carbonyl (C=O) groups excluding carboxylic acids is 2. The SMILES string of the molecule is CC/C=C\C/C=C\C/C=C\C/C=C\C/C=C\CCCCCCCC(=O)NC(COP(=O)([O-])OCC[N+](C)(C)C)C(/C=C\CCCCCCCCCCCCC)OC(=O)CCCCCCCC/C=C/C=C/CCCCC. The molecule has 10 heteroatoms. The van der Waals surface area contributed by atoms with E-state index in [1.54, 1.807) is 0 Å². The summed E-state index contributed by atoms with van der Waals surface area (Å²) < 4.78 is 30.3. The van der Waals surface area contributed by atoms with E-state index in [1.807, 2.05) is 33.3 Å². The minimum absolute atomic E-state index is 0.0329. The predicted octanol–water partition coefficient (Wildman–Crippen LogP) is 18.1. The molecular weight excluding hydrogens is 952 g/mol. The third kappa shape index (κ3) is 55.5. The van der Waals surface area contributed by atoms with Crippen molar-refractivity contribution in [3.05, 3.63) is 97.2 Å². The van der Waals surface area contributed by atoms with Gasteiger partial charge in [-0.2, -0.15) is 0 Å². The van der Waals surface area contributed by atoms with Crippen LogP contribution in [-0.2, 0) is 27.9 Å². The van der Waals surface area contributed by atoms with Crippen LogP contribution in [0.5, 0.6) is 0 Å². The first-order chi connectivity index (χ1) is 36.4. The van der Waals surface area contributed by atoms with Gasteiger partial charge in [0, 0.05) is 12.8 Å². The maximum absolute atomic E-state index is 13.5. The minimum atomic E-state index is -4.71. The number of hydrogen-bond acceptors (Lipinski definition) is 7. The molecule has 3 unspecified atom stereocenters. The van der Waals surface area contributed by atoms with E-state index in [0.717, 1.165) is 128 Å². The first kappa shape index (κ1) is 71.9. The largest absolute Gasteiger partial charge is 0.756 e. The Morgan fingerprint density at radius 1 is 0.493 bits per heavy atom. The lowest BCUT2D eigenvalue weighted by Gasteiger charge is -2.30. The number of phosphoric acid groups is 1. The highest BCUT2D eigenvalue weighted by Gasteiger charge is 2.27. The van der Waals surface area contributed by atoms with Gasteiger partial charge >= 0.3 is 5.97 Å². The molecule has 1 N–H and O–H groups in total. The minimum Gasteiger partial charge on any atom is -0.756 e. The summed E-state index contributed by atoms with van der Waals surface area (Å²) in [7, 11) is 1.15. The maximum Gasteiger partial charge on any atom is 0.306 e. The van der Waals surface area contributed by atoms with Gasteiger partial charge in [0.15, 0.2) is 0 Å². The van der Waals surface area contributed by atoms with Crippen molar-refractivity contribution in [3.8, 4) is 0 Å². The van der Waals surface area contributed by atoms with Crippen LogP contribution in [-0.4, -0.2) is 69.4 Å². The molecule has 0 aromatic rings. The standard InChI is InChI=1S/C65H115N2O7P/c1-7-10-13-16-19-22-25-28-30-31-32-33-34-35-37-39-42-45-48-51-54-57-64(68)66-62(61-73-75(70,71)72-60-59-67(4,5)6)63(56-53-50-47-44-41-38-27-24-21-18-15-12-9-3)74-65(69)58-55-52-49-46-43-40-36-29-26-23-20-17-14-11-8-2/h10,13,19-20,22-23,26,28-30,32-33,35,37,53,56,62-63H,7-9,11-12,14-18,21,24-25,27,31,34,36,38-52,54-55,57-61H2,1-6H3,(H-,66,68,70,71)/b13-10-,22-19-,23-20+,29-26+,30-28-,33-32-,37-35-,56-53-. The Bertz CT molecular complexity index is 1610. The van der Waals surface area contributed by atoms with Gasteiger partial charge in [0.25, 0.3) is 7.82 Å². The number of hydrogen-bond donors (Lipinski definition) is 1. The molecule has 1 amide bonds. The van der Waals surface area contributed by atoms with Crippen molar-refractivity contribution in [1.82, 2.24) is 5.32 Å². The monoisotopic (exact) mass is 1070 g/mol. The van der Waals surface area contributed by atoms with E-state index in [2.05, 4.69) is 111 Å². The molecule has 0 bridgehead atoms. The molecule has 0 saturated heterocycles. The summed E-state index contributed by atoms with van der Waals surface area (Å²) >= 11 is 0. The van der Waals surface area contributed by atoms with Gasteiger partial charge in [-0.1, -0.05) is 234 Å². The fourth-order valence-corrected chi connectivity index (χ4v) is 9.03. The van der Waals surface area contributed by atoms with E-state index in [4.69, 9.17) is 13.8 Å². The van der Waals surface area contributed by atoms with Gasteiger partial charge in [-0.05, 0) is 102 Å². The van der Waals surface area contributed by atoms with Crippen molar-refractivity contribution in [2.45, 2.75) is 264 Å². The van der Waals surface area contributed by atoms with Crippen molar-refractivity contribution in [3.63, 3.8) is 0 Å². The number of amides is 1. The Hall–Kier alpha value is -3.07. The Labute approximate surface area is 462 Å². The molecule has 0 fully saturated rings. The van der Waals surface area contributed by atoms with Crippen LogP contribution in [0, 0.1) is 0 Å². The first-order valence-corrected chi connectivity index (χ1v) is 32.0. The molecular formula is C65H115N2O7P. The Morgan fingerprint density at radius 2 is 0.893 bits per heavy atom. The van der Waals surface area contributed by atoms with Crippen molar-refractivity contribution in [1.29, 1.82) is 0 Å². The van der Waals surface area contributed by atoms with E-state index in [0.29, 0.717) is 23.9 Å². The second kappa shape index (κ2) is 54.3. The molecule has 0 heterocycles. The Balaban J connectivity index is 5.35. The number of ether oxygens (including phenoxy) is 1. The van der Waals surface area contributed by atoms with Gasteiger partial charge < -0.3 is 28.5 Å². The zero-order valence-corrected chi connectivity index (χ0v) is 50.1. The van der Waals surface area contributed by atoms with Gasteiger partial charge in [-0.3, -0.25) is 14.2 Å². The van der Waals surface area contributed by atoms with Crippen LogP contribution in [0.1, 0.15) is 252 Å². The molecule has 9 nitrogen and oxygen atoms in total. The molecule has 0 aliphatic carbocycles. The predicted molar refractivity (Wildman–Crippen MR) is 321 cm³/mol. The fourth-order valence-electron chi connectivity index (χ4n) is 8.30. The zero-order chi connectivity index (χ0) is 55.0. The Kier molecular flexibility index (Phi) is 52.1. The first-order valence-electron chi connectivity index (χ1n) is 30.6. The van der Waals surface area contributed by atoms with Crippen LogP contribution >= 0.6 is 7.82 Å². The van der Waals surface area contributed by atoms with Gasteiger partial charge in [0.1, 0.15) is 19.3 Å². The average Bonchev–Trinajstić information content (AvgIpc) is 3.37. The molecule has 0 aliphatic heterocycles. The fraction of sp³-hybridized carbons (Fsp3) is 0.723. The molecule has 0 radical (unpaired) electrons. The van der Waals surface area contributed by atoms with E-state index in [1.165, 1.54) is 77.0 Å². The van der Waals surface area contributed by atoms with Crippen molar-refractivity contribution in [2.75, 3.05) is 40.9 Å². The molecule has 432 valence electrons. The van der Waals surface area contributed by atoms with E-state index >= 15 is 0 Å². The lowest BCUT2D eigenvalue weighted by Crippen LogP contribution is -2.47. The number of quaternary nitrogens is 1. The molecule has 0 rings (SSSR count). The number of likely N-dealkylation sites (N-methyl/N-ethyl adjacent to an activating group) is 1. The second-order valence-corrected chi connectivity index (χ2v) is 22.9. The summed E-state index contributed by atoms with van der Waals surface area (Å²) in [6.07, 6.45) is 72.2. The second-order valence-electron chi connectivity index (χ2n) is 21.5. The summed E-state index contributed by atoms with van der Waals surface area (Å²) in [5.74, 6) is -0.580. The summed E-state index contributed by atoms with van der Waals surface area (Å²) in [6, 6.07) is -0.909. The highest BCUT2D eigenvalue weighted by Crippen LogP contribution is 2.38. The lowest BCUT2D eigenvalue weighted by atomic mass is 10.0. The number of nitrogens with zero attached hydrogens (tertiary/aromatic N) is 1. The number of allylic oxidation sites excluding steroid dienone is 15. The number of nitrogens with one attached hydrogen (secondary N) is 1. The van der Waals surface area contributed by atoms with Crippen molar-refractivity contribution < 1.29 is 37.3 Å². The van der Waals surface area contributed by atoms with Gasteiger partial charge in [0.2, 0.25) is 5.91 Å². The van der Waals surface area contributed by atoms with E-state index in [9.17, 15) is 19.0 Å². The lowest BCUT2D eigenvalue weighted by molar-refractivity contribution is -0.870. The molecule has 0 aliphatic rings. The molecule has 0 spiro atoms. The van der Waals surface area contributed by atoms with E-state index < -0.39 is 26.6 Å². The summed E-state index contributed by atoms with van der Waals surface area (Å²) in [4.78, 5) is 40.0. The van der Waals surface area contributed by atoms with Crippen LogP contribution in [0.2, 0.25) is 0 Å². The van der Waals surface area contributed by atoms with Crippen LogP contribution in [0.15, 0.2) is 97.2 Å². The number of rotatable bonds is 54. The smallest absolute Gasteiger partial charge is 0.306 e. The molecule has 0 aromatic heterocycles. The number of phosphoric ester groups is 1. The molecule has 3 atom stereocenters. The van der Waals surface area contributed by atoms with Crippen LogP contribution in [0.4, 0.5) is 0 Å². The van der Waals surface area contributed by atoms with Crippen LogP contribution < -0.4 is 10.2 Å². The topological polar surface area (TPSA) is 114 Å². The quantitative estimate of drug-likeness (QED) is 0.0161. The number of carbonyl (C=O) groups is 2. The van der Waals surface area contributed by atoms with Crippen LogP contribution in [0.25, 0.3) is 0 Å². The number of esters is 1. The summed E-state index contributed by atoms with van der Waals surface area (Å²) in [5, 5.41) is 3.01. The van der Waals surface area contributed by atoms with Gasteiger partial charge in [-0.15, -0.1) is 0 Å². The summed E-state index contributed by atoms with van der Waals surface area (Å²) in [5.41, 5.74) is 0. The molecule has 0 aromatic carbocycles. The van der Waals surface area contributed by atoms with E-state index in [-0.39, 0.29) is 31.3 Å². The average molecular weight is 1070 g/mol. The highest BCUT2D eigenvalue weighted by atomic mass is 31.2. The third-order valence-corrected chi connectivity index (χ3v) is 14.0. The zero-order valence-electron chi connectivity index (χ0n) is 49.2. The van der Waals surface area contributed by atoms with Gasteiger partial charge in [0.05, 0.1) is 33.8 Å². The van der Waals surface area contributed by atoms with Crippen LogP contribution in [0.3, 0.4) is 0 Å². The van der Waals surface area contributed by atoms with Crippen molar-refractivity contribution >= 4 is 19.7 Å². The molecule has 75 heavy (non-hydrogen) atoms. The number of unbranched alkanes of at least 4 members (excludes halogenated alkanes) is 25. The highest BCUT2D eigenvalue weighted by molar-refractivity contribution is 7.45. The maximum atomic E-state index is 13.5.